The summed E-state index contributed by atoms with van der Waals surface area (Å²) in [5, 5.41) is 2.24. The zero-order valence-electron chi connectivity index (χ0n) is 17.6. The van der Waals surface area contributed by atoms with E-state index in [9.17, 15) is 19.2 Å². The van der Waals surface area contributed by atoms with E-state index in [2.05, 4.69) is 5.32 Å². The van der Waals surface area contributed by atoms with Crippen LogP contribution in [0.15, 0.2) is 53.4 Å². The molecule has 0 aromatic heterocycles. The molecule has 1 N–H and O–H groups in total. The van der Waals surface area contributed by atoms with Gasteiger partial charge in [0.15, 0.2) is 12.4 Å². The Bertz CT molecular complexity index is 1050. The molecule has 2 aromatic carbocycles. The maximum atomic E-state index is 12.5. The number of carbonyl (C=O) groups is 4. The molecule has 9 heteroatoms. The van der Waals surface area contributed by atoms with Crippen molar-refractivity contribution >= 4 is 40.7 Å². The number of hydrogen-bond donors (Lipinski definition) is 1. The fourth-order valence-corrected chi connectivity index (χ4v) is 3.70. The first-order chi connectivity index (χ1) is 15.4. The van der Waals surface area contributed by atoms with Crippen molar-refractivity contribution < 1.29 is 28.7 Å². The van der Waals surface area contributed by atoms with Gasteiger partial charge in [0.05, 0.1) is 12.0 Å². The van der Waals surface area contributed by atoms with Crippen LogP contribution in [0.3, 0.4) is 0 Å². The molecule has 8 nitrogen and oxygen atoms in total. The first-order valence-corrected chi connectivity index (χ1v) is 10.6. The molecule has 1 aliphatic heterocycles. The van der Waals surface area contributed by atoms with Crippen LogP contribution in [0.5, 0.6) is 11.5 Å². The third kappa shape index (κ3) is 5.98. The molecule has 1 heterocycles. The fraction of sp³-hybridized carbons (Fsp3) is 0.217. The second-order valence-electron chi connectivity index (χ2n) is 6.83. The lowest BCUT2D eigenvalue weighted by Gasteiger charge is -2.13. The minimum absolute atomic E-state index is 0.0551. The Morgan fingerprint density at radius 3 is 2.31 bits per heavy atom. The van der Waals surface area contributed by atoms with E-state index < -0.39 is 5.91 Å². The van der Waals surface area contributed by atoms with Crippen molar-refractivity contribution in [2.75, 3.05) is 26.8 Å². The lowest BCUT2D eigenvalue weighted by Crippen LogP contribution is -2.38. The predicted octanol–water partition coefficient (Wildman–Crippen LogP) is 3.13. The highest BCUT2D eigenvalue weighted by atomic mass is 32.2. The zero-order chi connectivity index (χ0) is 23.1. The van der Waals surface area contributed by atoms with Crippen LogP contribution in [0.25, 0.3) is 6.08 Å². The first-order valence-electron chi connectivity index (χ1n) is 9.77. The van der Waals surface area contributed by atoms with Crippen molar-refractivity contribution in [2.24, 2.45) is 0 Å². The van der Waals surface area contributed by atoms with Gasteiger partial charge in [-0.1, -0.05) is 12.1 Å². The van der Waals surface area contributed by atoms with Gasteiger partial charge in [0, 0.05) is 18.7 Å². The van der Waals surface area contributed by atoms with Gasteiger partial charge >= 0.3 is 0 Å². The van der Waals surface area contributed by atoms with Crippen LogP contribution in [0, 0.1) is 0 Å². The Morgan fingerprint density at radius 1 is 1.03 bits per heavy atom. The monoisotopic (exact) mass is 454 g/mol. The molecular formula is C23H22N2O6S. The summed E-state index contributed by atoms with van der Waals surface area (Å²) in [6, 6.07) is 13.6. The molecule has 0 spiro atoms. The van der Waals surface area contributed by atoms with Crippen LogP contribution < -0.4 is 14.8 Å². The topological polar surface area (TPSA) is 102 Å². The highest BCUT2D eigenvalue weighted by Crippen LogP contribution is 2.32. The SMILES string of the molecule is COc1ccc(/C=C2\SC(=O)N(CCNC(=O)COc3ccc(C(C)=O)cc3)C2=O)cc1. The van der Waals surface area contributed by atoms with E-state index in [0.29, 0.717) is 22.0 Å². The normalized spacial score (nSPS) is 14.6. The Balaban J connectivity index is 1.46. The van der Waals surface area contributed by atoms with E-state index in [0.717, 1.165) is 22.2 Å². The van der Waals surface area contributed by atoms with Crippen molar-refractivity contribution in [1.82, 2.24) is 10.2 Å². The maximum Gasteiger partial charge on any atom is 0.293 e. The average Bonchev–Trinajstić information content (AvgIpc) is 3.05. The lowest BCUT2D eigenvalue weighted by molar-refractivity contribution is -0.125. The Hall–Kier alpha value is -3.59. The molecule has 2 aromatic rings. The summed E-state index contributed by atoms with van der Waals surface area (Å²) in [7, 11) is 1.57. The van der Waals surface area contributed by atoms with E-state index in [1.54, 1.807) is 61.7 Å². The molecule has 166 valence electrons. The summed E-state index contributed by atoms with van der Waals surface area (Å²) >= 11 is 0.862. The van der Waals surface area contributed by atoms with Crippen molar-refractivity contribution in [2.45, 2.75) is 6.92 Å². The maximum absolute atomic E-state index is 12.5. The van der Waals surface area contributed by atoms with Crippen LogP contribution in [0.2, 0.25) is 0 Å². The molecule has 3 amide bonds. The molecule has 0 atom stereocenters. The smallest absolute Gasteiger partial charge is 0.293 e. The number of hydrogen-bond acceptors (Lipinski definition) is 7. The van der Waals surface area contributed by atoms with E-state index in [4.69, 9.17) is 9.47 Å². The highest BCUT2D eigenvalue weighted by Gasteiger charge is 2.34. The summed E-state index contributed by atoms with van der Waals surface area (Å²) < 4.78 is 10.5. The number of amides is 3. The molecule has 0 aliphatic carbocycles. The van der Waals surface area contributed by atoms with Crippen LogP contribution in [0.1, 0.15) is 22.8 Å². The number of rotatable bonds is 9. The van der Waals surface area contributed by atoms with Crippen LogP contribution in [-0.2, 0) is 9.59 Å². The van der Waals surface area contributed by atoms with Crippen LogP contribution >= 0.6 is 11.8 Å². The number of ketones is 1. The van der Waals surface area contributed by atoms with Gasteiger partial charge in [-0.15, -0.1) is 0 Å². The third-order valence-electron chi connectivity index (χ3n) is 4.58. The number of benzene rings is 2. The zero-order valence-corrected chi connectivity index (χ0v) is 18.4. The Morgan fingerprint density at radius 2 is 1.69 bits per heavy atom. The highest BCUT2D eigenvalue weighted by molar-refractivity contribution is 8.18. The fourth-order valence-electron chi connectivity index (χ4n) is 2.84. The molecule has 0 bridgehead atoms. The van der Waals surface area contributed by atoms with Gasteiger partial charge in [0.1, 0.15) is 11.5 Å². The molecule has 32 heavy (non-hydrogen) atoms. The van der Waals surface area contributed by atoms with Gasteiger partial charge in [-0.2, -0.15) is 0 Å². The van der Waals surface area contributed by atoms with Gasteiger partial charge in [-0.25, -0.2) is 0 Å². The quantitative estimate of drug-likeness (QED) is 0.459. The predicted molar refractivity (Wildman–Crippen MR) is 121 cm³/mol. The summed E-state index contributed by atoms with van der Waals surface area (Å²) in [4.78, 5) is 49.4. The second kappa shape index (κ2) is 10.6. The van der Waals surface area contributed by atoms with E-state index in [1.165, 1.54) is 6.92 Å². The van der Waals surface area contributed by atoms with Gasteiger partial charge < -0.3 is 14.8 Å². The third-order valence-corrected chi connectivity index (χ3v) is 5.48. The number of carbonyl (C=O) groups excluding carboxylic acids is 4. The Kier molecular flexibility index (Phi) is 7.67. The van der Waals surface area contributed by atoms with E-state index in [1.807, 2.05) is 0 Å². The molecule has 1 aliphatic rings. The number of imide groups is 1. The molecule has 0 unspecified atom stereocenters. The lowest BCUT2D eigenvalue weighted by atomic mass is 10.1. The van der Waals surface area contributed by atoms with Gasteiger partial charge in [-0.05, 0) is 66.7 Å². The molecular weight excluding hydrogens is 432 g/mol. The van der Waals surface area contributed by atoms with Gasteiger partial charge in [-0.3, -0.25) is 24.1 Å². The summed E-state index contributed by atoms with van der Waals surface area (Å²) in [6.07, 6.45) is 1.65. The van der Waals surface area contributed by atoms with Gasteiger partial charge in [0.2, 0.25) is 0 Å². The average molecular weight is 455 g/mol. The minimum atomic E-state index is -0.396. The number of ether oxygens (including phenoxy) is 2. The van der Waals surface area contributed by atoms with E-state index >= 15 is 0 Å². The second-order valence-corrected chi connectivity index (χ2v) is 7.82. The van der Waals surface area contributed by atoms with Crippen molar-refractivity contribution in [3.8, 4) is 11.5 Å². The molecule has 1 fully saturated rings. The van der Waals surface area contributed by atoms with Crippen molar-refractivity contribution in [3.63, 3.8) is 0 Å². The standard InChI is InChI=1S/C23H22N2O6S/c1-15(26)17-5-9-19(10-6-17)31-14-21(27)24-11-12-25-22(28)20(32-23(25)29)13-16-3-7-18(30-2)8-4-16/h3-10,13H,11-12,14H2,1-2H3,(H,24,27)/b20-13-. The number of methoxy groups -OCH3 is 1. The molecule has 3 rings (SSSR count). The number of nitrogens with zero attached hydrogens (tertiary/aromatic N) is 1. The number of thioether (sulfide) groups is 1. The Labute approximate surface area is 189 Å². The minimum Gasteiger partial charge on any atom is -0.497 e. The molecule has 0 radical (unpaired) electrons. The number of Topliss-reactive ketones (excluding diaryl/α,β-unsaturated/α-hetero) is 1. The van der Waals surface area contributed by atoms with Crippen molar-refractivity contribution in [1.29, 1.82) is 0 Å². The number of nitrogens with one attached hydrogen (secondary N) is 1. The van der Waals surface area contributed by atoms with Gasteiger partial charge in [0.25, 0.3) is 17.1 Å². The van der Waals surface area contributed by atoms with Crippen LogP contribution in [-0.4, -0.2) is 54.5 Å². The van der Waals surface area contributed by atoms with Crippen molar-refractivity contribution in [3.05, 3.63) is 64.6 Å². The molecule has 1 saturated heterocycles. The first kappa shape index (κ1) is 23.1. The molecule has 0 saturated carbocycles. The summed E-state index contributed by atoms with van der Waals surface area (Å²) in [5.74, 6) is 0.316. The van der Waals surface area contributed by atoms with Crippen LogP contribution in [0.4, 0.5) is 4.79 Å². The summed E-state index contributed by atoms with van der Waals surface area (Å²) in [5.41, 5.74) is 1.33. The van der Waals surface area contributed by atoms with E-state index in [-0.39, 0.29) is 36.6 Å². The summed E-state index contributed by atoms with van der Waals surface area (Å²) in [6.45, 7) is 1.41. The largest absolute Gasteiger partial charge is 0.497 e.